The minimum absolute atomic E-state index is 0.139. The predicted molar refractivity (Wildman–Crippen MR) is 51.1 cm³/mol. The Hall–Kier alpha value is -1.51. The molecule has 0 heterocycles. The first-order valence-corrected chi connectivity index (χ1v) is 4.14. The lowest BCUT2D eigenvalue weighted by atomic mass is 10.1. The molecule has 0 amide bonds. The van der Waals surface area contributed by atoms with E-state index >= 15 is 0 Å². The average molecular weight is 182 g/mol. The molecule has 3 heteroatoms. The lowest BCUT2D eigenvalue weighted by Gasteiger charge is -1.98. The maximum absolute atomic E-state index is 10.7. The van der Waals surface area contributed by atoms with Crippen molar-refractivity contribution in [3.8, 4) is 11.5 Å². The number of carbonyl (C=O) groups is 1. The van der Waals surface area contributed by atoms with Gasteiger partial charge in [0.1, 0.15) is 0 Å². The number of carbonyl (C=O) groups excluding carboxylic acids is 1. The van der Waals surface area contributed by atoms with E-state index in [1.807, 2.05) is 13.8 Å². The van der Waals surface area contributed by atoms with Crippen LogP contribution in [0, 0.1) is 0 Å². The van der Waals surface area contributed by atoms with E-state index in [2.05, 4.69) is 0 Å². The molecule has 72 valence electrons. The number of benzene rings is 1. The summed E-state index contributed by atoms with van der Waals surface area (Å²) in [6, 6.07) is 3.97. The van der Waals surface area contributed by atoms with Gasteiger partial charge in [-0.2, -0.15) is 0 Å². The third kappa shape index (κ3) is 3.15. The van der Waals surface area contributed by atoms with Crippen LogP contribution in [-0.4, -0.2) is 16.0 Å². The molecule has 2 N–H and O–H groups in total. The summed E-state index contributed by atoms with van der Waals surface area (Å²) in [6.45, 7) is 5.39. The van der Waals surface area contributed by atoms with E-state index in [9.17, 15) is 4.79 Å². The second-order valence-electron chi connectivity index (χ2n) is 2.26. The SMILES string of the molecule is CC.CC(=O)c1ccc(O)c(O)c1. The van der Waals surface area contributed by atoms with Gasteiger partial charge >= 0.3 is 0 Å². The van der Waals surface area contributed by atoms with Crippen molar-refractivity contribution in [3.05, 3.63) is 23.8 Å². The lowest BCUT2D eigenvalue weighted by Crippen LogP contribution is -1.89. The second-order valence-corrected chi connectivity index (χ2v) is 2.26. The molecule has 0 atom stereocenters. The monoisotopic (exact) mass is 182 g/mol. The smallest absolute Gasteiger partial charge is 0.159 e. The van der Waals surface area contributed by atoms with Crippen LogP contribution in [0.5, 0.6) is 11.5 Å². The summed E-state index contributed by atoms with van der Waals surface area (Å²) in [7, 11) is 0. The average Bonchev–Trinajstić information content (AvgIpc) is 2.13. The van der Waals surface area contributed by atoms with Crippen LogP contribution in [0.15, 0.2) is 18.2 Å². The molecule has 0 aliphatic rings. The highest BCUT2D eigenvalue weighted by atomic mass is 16.3. The Labute approximate surface area is 77.6 Å². The van der Waals surface area contributed by atoms with Gasteiger partial charge in [-0.25, -0.2) is 0 Å². The number of rotatable bonds is 1. The van der Waals surface area contributed by atoms with Crippen molar-refractivity contribution in [2.75, 3.05) is 0 Å². The van der Waals surface area contributed by atoms with Gasteiger partial charge in [0, 0.05) is 5.56 Å². The third-order valence-electron chi connectivity index (χ3n) is 1.38. The van der Waals surface area contributed by atoms with Crippen LogP contribution in [0.4, 0.5) is 0 Å². The highest BCUT2D eigenvalue weighted by Gasteiger charge is 2.02. The van der Waals surface area contributed by atoms with Crippen molar-refractivity contribution in [1.29, 1.82) is 0 Å². The van der Waals surface area contributed by atoms with Gasteiger partial charge in [0.25, 0.3) is 0 Å². The number of Topliss-reactive ketones (excluding diaryl/α,β-unsaturated/α-hetero) is 1. The van der Waals surface area contributed by atoms with Crippen molar-refractivity contribution >= 4 is 5.78 Å². The van der Waals surface area contributed by atoms with Crippen LogP contribution < -0.4 is 0 Å². The molecule has 1 rings (SSSR count). The second kappa shape index (κ2) is 5.19. The predicted octanol–water partition coefficient (Wildman–Crippen LogP) is 2.33. The molecule has 1 aromatic carbocycles. The third-order valence-corrected chi connectivity index (χ3v) is 1.38. The Morgan fingerprint density at radius 1 is 1.15 bits per heavy atom. The van der Waals surface area contributed by atoms with E-state index in [-0.39, 0.29) is 17.3 Å². The van der Waals surface area contributed by atoms with Gasteiger partial charge in [0.05, 0.1) is 0 Å². The van der Waals surface area contributed by atoms with Gasteiger partial charge in [-0.1, -0.05) is 13.8 Å². The summed E-state index contributed by atoms with van der Waals surface area (Å²) in [4.78, 5) is 10.7. The highest BCUT2D eigenvalue weighted by Crippen LogP contribution is 2.24. The molecule has 0 aliphatic carbocycles. The van der Waals surface area contributed by atoms with Crippen LogP contribution in [0.3, 0.4) is 0 Å². The minimum Gasteiger partial charge on any atom is -0.504 e. The topological polar surface area (TPSA) is 57.5 Å². The number of phenols is 2. The standard InChI is InChI=1S/C8H8O3.C2H6/c1-5(9)6-2-3-7(10)8(11)4-6;1-2/h2-4,10-11H,1H3;1-2H3. The van der Waals surface area contributed by atoms with E-state index in [0.717, 1.165) is 0 Å². The van der Waals surface area contributed by atoms with E-state index < -0.39 is 0 Å². The van der Waals surface area contributed by atoms with Crippen LogP contribution in [0.2, 0.25) is 0 Å². The summed E-state index contributed by atoms with van der Waals surface area (Å²) < 4.78 is 0. The summed E-state index contributed by atoms with van der Waals surface area (Å²) in [6.07, 6.45) is 0. The highest BCUT2D eigenvalue weighted by molar-refractivity contribution is 5.94. The molecule has 0 saturated heterocycles. The first kappa shape index (κ1) is 11.5. The zero-order valence-electron chi connectivity index (χ0n) is 8.03. The van der Waals surface area contributed by atoms with E-state index in [0.29, 0.717) is 5.56 Å². The van der Waals surface area contributed by atoms with Gasteiger partial charge in [-0.05, 0) is 25.1 Å². The normalized spacial score (nSPS) is 8.54. The molecule has 0 unspecified atom stereocenters. The van der Waals surface area contributed by atoms with Crippen LogP contribution in [-0.2, 0) is 0 Å². The molecule has 0 radical (unpaired) electrons. The summed E-state index contributed by atoms with van der Waals surface area (Å²) in [5.74, 6) is -0.618. The largest absolute Gasteiger partial charge is 0.504 e. The molecule has 1 aromatic rings. The molecule has 3 nitrogen and oxygen atoms in total. The molecule has 0 saturated carbocycles. The number of ketones is 1. The Morgan fingerprint density at radius 3 is 2.08 bits per heavy atom. The van der Waals surface area contributed by atoms with Gasteiger partial charge in [-0.15, -0.1) is 0 Å². The summed E-state index contributed by atoms with van der Waals surface area (Å²) >= 11 is 0. The van der Waals surface area contributed by atoms with E-state index in [1.165, 1.54) is 25.1 Å². The molecule has 0 aromatic heterocycles. The van der Waals surface area contributed by atoms with Crippen molar-refractivity contribution in [3.63, 3.8) is 0 Å². The van der Waals surface area contributed by atoms with Crippen LogP contribution >= 0.6 is 0 Å². The minimum atomic E-state index is -0.266. The van der Waals surface area contributed by atoms with Gasteiger partial charge < -0.3 is 10.2 Å². The fraction of sp³-hybridized carbons (Fsp3) is 0.300. The zero-order valence-corrected chi connectivity index (χ0v) is 8.03. The van der Waals surface area contributed by atoms with Crippen molar-refractivity contribution in [2.45, 2.75) is 20.8 Å². The fourth-order valence-corrected chi connectivity index (χ4v) is 0.742. The zero-order chi connectivity index (χ0) is 10.4. The Kier molecular flexibility index (Phi) is 4.59. The number of hydrogen-bond donors (Lipinski definition) is 2. The van der Waals surface area contributed by atoms with Crippen molar-refractivity contribution in [2.24, 2.45) is 0 Å². The Balaban J connectivity index is 0.000000671. The molecule has 0 spiro atoms. The fourth-order valence-electron chi connectivity index (χ4n) is 0.742. The summed E-state index contributed by atoms with van der Waals surface area (Å²) in [5, 5.41) is 17.8. The molecule has 0 bridgehead atoms. The Morgan fingerprint density at radius 2 is 1.69 bits per heavy atom. The van der Waals surface area contributed by atoms with E-state index in [1.54, 1.807) is 0 Å². The van der Waals surface area contributed by atoms with Crippen molar-refractivity contribution < 1.29 is 15.0 Å². The molecule has 0 fully saturated rings. The molecule has 0 aliphatic heterocycles. The number of aromatic hydroxyl groups is 2. The van der Waals surface area contributed by atoms with Crippen molar-refractivity contribution in [1.82, 2.24) is 0 Å². The lowest BCUT2D eigenvalue weighted by molar-refractivity contribution is 0.101. The first-order valence-electron chi connectivity index (χ1n) is 4.14. The maximum Gasteiger partial charge on any atom is 0.159 e. The van der Waals surface area contributed by atoms with Gasteiger partial charge in [0.2, 0.25) is 0 Å². The maximum atomic E-state index is 10.7. The Bertz CT molecular complexity index is 292. The molecular formula is C10H14O3. The quantitative estimate of drug-likeness (QED) is 0.517. The first-order chi connectivity index (χ1) is 6.11. The van der Waals surface area contributed by atoms with E-state index in [4.69, 9.17) is 10.2 Å². The van der Waals surface area contributed by atoms with Crippen LogP contribution in [0.25, 0.3) is 0 Å². The van der Waals surface area contributed by atoms with Gasteiger partial charge in [-0.3, -0.25) is 4.79 Å². The molecular weight excluding hydrogens is 168 g/mol. The number of hydrogen-bond acceptors (Lipinski definition) is 3. The molecule has 13 heavy (non-hydrogen) atoms. The van der Waals surface area contributed by atoms with Gasteiger partial charge in [0.15, 0.2) is 17.3 Å². The number of phenolic OH excluding ortho intramolecular Hbond substituents is 2. The van der Waals surface area contributed by atoms with Crippen LogP contribution in [0.1, 0.15) is 31.1 Å². The summed E-state index contributed by atoms with van der Waals surface area (Å²) in [5.41, 5.74) is 0.389.